The summed E-state index contributed by atoms with van der Waals surface area (Å²) < 4.78 is 24.6. The second-order valence-corrected chi connectivity index (χ2v) is 7.24. The summed E-state index contributed by atoms with van der Waals surface area (Å²) in [5, 5.41) is 0.387. The van der Waals surface area contributed by atoms with E-state index >= 15 is 0 Å². The second-order valence-electron chi connectivity index (χ2n) is 4.77. The molecule has 0 aromatic heterocycles. The zero-order valence-corrected chi connectivity index (χ0v) is 12.7. The van der Waals surface area contributed by atoms with Crippen molar-refractivity contribution in [1.29, 1.82) is 0 Å². The Hall–Kier alpha value is -1.52. The van der Waals surface area contributed by atoms with E-state index in [1.807, 2.05) is 31.2 Å². The summed E-state index contributed by atoms with van der Waals surface area (Å²) in [6.45, 7) is 1.90. The number of benzene rings is 2. The number of aryl methyl sites for hydroxylation is 1. The van der Waals surface area contributed by atoms with Crippen LogP contribution in [0.1, 0.15) is 16.7 Å². The number of hydrogen-bond acceptors (Lipinski definition) is 3. The van der Waals surface area contributed by atoms with Crippen molar-refractivity contribution >= 4 is 27.1 Å². The number of rotatable bonds is 4. The molecular weight excluding hydrogens is 294 g/mol. The highest BCUT2D eigenvalue weighted by Gasteiger charge is 2.17. The van der Waals surface area contributed by atoms with Gasteiger partial charge in [0.05, 0.1) is 11.5 Å². The number of sulfone groups is 1. The third-order valence-electron chi connectivity index (χ3n) is 3.16. The van der Waals surface area contributed by atoms with Crippen LogP contribution in [0.4, 0.5) is 5.69 Å². The smallest absolute Gasteiger partial charge is 0.158 e. The molecule has 5 heteroatoms. The van der Waals surface area contributed by atoms with Crippen LogP contribution in [0, 0.1) is 6.92 Å². The Morgan fingerprint density at radius 2 is 1.75 bits per heavy atom. The first-order valence-corrected chi connectivity index (χ1v) is 8.37. The predicted octanol–water partition coefficient (Wildman–Crippen LogP) is 3.35. The van der Waals surface area contributed by atoms with E-state index in [1.165, 1.54) is 0 Å². The fourth-order valence-corrected chi connectivity index (χ4v) is 4.00. The van der Waals surface area contributed by atoms with E-state index in [-0.39, 0.29) is 11.5 Å². The van der Waals surface area contributed by atoms with E-state index in [0.717, 1.165) is 11.1 Å². The lowest BCUT2D eigenvalue weighted by Crippen LogP contribution is -2.10. The number of nitrogens with two attached hydrogens (primary N) is 1. The zero-order valence-electron chi connectivity index (χ0n) is 11.1. The van der Waals surface area contributed by atoms with Gasteiger partial charge in [0.2, 0.25) is 0 Å². The molecule has 20 heavy (non-hydrogen) atoms. The van der Waals surface area contributed by atoms with Gasteiger partial charge in [-0.2, -0.15) is 0 Å². The van der Waals surface area contributed by atoms with Crippen LogP contribution in [-0.4, -0.2) is 8.42 Å². The van der Waals surface area contributed by atoms with E-state index in [2.05, 4.69) is 0 Å². The topological polar surface area (TPSA) is 60.2 Å². The molecule has 0 saturated heterocycles. The molecule has 0 saturated carbocycles. The summed E-state index contributed by atoms with van der Waals surface area (Å²) in [6, 6.07) is 12.5. The minimum atomic E-state index is -3.32. The monoisotopic (exact) mass is 309 g/mol. The number of hydrogen-bond donors (Lipinski definition) is 1. The maximum Gasteiger partial charge on any atom is 0.158 e. The summed E-state index contributed by atoms with van der Waals surface area (Å²) in [7, 11) is -3.32. The van der Waals surface area contributed by atoms with Gasteiger partial charge in [0.15, 0.2) is 9.84 Å². The van der Waals surface area contributed by atoms with Crippen LogP contribution in [0.25, 0.3) is 0 Å². The molecular formula is C15H16ClNO2S. The summed E-state index contributed by atoms with van der Waals surface area (Å²) in [5.41, 5.74) is 8.45. The van der Waals surface area contributed by atoms with E-state index in [4.69, 9.17) is 17.3 Å². The van der Waals surface area contributed by atoms with Crippen molar-refractivity contribution in [2.45, 2.75) is 18.4 Å². The molecule has 0 heterocycles. The van der Waals surface area contributed by atoms with Gasteiger partial charge in [-0.05, 0) is 30.2 Å². The lowest BCUT2D eigenvalue weighted by molar-refractivity contribution is 0.594. The molecule has 0 bridgehead atoms. The molecule has 2 rings (SSSR count). The molecule has 3 nitrogen and oxygen atoms in total. The average molecular weight is 310 g/mol. The predicted molar refractivity (Wildman–Crippen MR) is 83.4 cm³/mol. The molecule has 0 aliphatic rings. The van der Waals surface area contributed by atoms with E-state index in [0.29, 0.717) is 16.3 Å². The van der Waals surface area contributed by atoms with E-state index in [1.54, 1.807) is 18.2 Å². The lowest BCUT2D eigenvalue weighted by atomic mass is 10.1. The third kappa shape index (κ3) is 3.52. The molecule has 0 atom stereocenters. The Morgan fingerprint density at radius 3 is 2.40 bits per heavy atom. The Kier molecular flexibility index (Phi) is 4.35. The van der Waals surface area contributed by atoms with Crippen LogP contribution in [0.2, 0.25) is 5.02 Å². The largest absolute Gasteiger partial charge is 0.398 e. The molecule has 2 aromatic carbocycles. The Balaban J connectivity index is 2.27. The first-order chi connectivity index (χ1) is 9.39. The summed E-state index contributed by atoms with van der Waals surface area (Å²) in [6.07, 6.45) is 0. The van der Waals surface area contributed by atoms with E-state index < -0.39 is 9.84 Å². The summed E-state index contributed by atoms with van der Waals surface area (Å²) in [4.78, 5) is 0. The highest BCUT2D eigenvalue weighted by atomic mass is 35.5. The Labute approximate surface area is 124 Å². The molecule has 2 N–H and O–H groups in total. The molecule has 0 aliphatic carbocycles. The number of anilines is 1. The normalized spacial score (nSPS) is 11.5. The molecule has 0 radical (unpaired) electrons. The van der Waals surface area contributed by atoms with Crippen LogP contribution < -0.4 is 5.73 Å². The van der Waals surface area contributed by atoms with Crippen LogP contribution in [0.5, 0.6) is 0 Å². The van der Waals surface area contributed by atoms with Crippen molar-refractivity contribution in [3.8, 4) is 0 Å². The minimum Gasteiger partial charge on any atom is -0.398 e. The van der Waals surface area contributed by atoms with Gasteiger partial charge in [-0.15, -0.1) is 0 Å². The van der Waals surface area contributed by atoms with Gasteiger partial charge >= 0.3 is 0 Å². The van der Waals surface area contributed by atoms with Gasteiger partial charge in [-0.1, -0.05) is 41.9 Å². The molecule has 0 amide bonds. The van der Waals surface area contributed by atoms with Crippen molar-refractivity contribution in [1.82, 2.24) is 0 Å². The number of halogens is 1. The van der Waals surface area contributed by atoms with Crippen LogP contribution >= 0.6 is 11.6 Å². The number of nitrogen functional groups attached to an aromatic ring is 1. The van der Waals surface area contributed by atoms with Crippen molar-refractivity contribution in [3.05, 3.63) is 64.2 Å². The van der Waals surface area contributed by atoms with Crippen molar-refractivity contribution in [2.75, 3.05) is 5.73 Å². The average Bonchev–Trinajstić information content (AvgIpc) is 2.37. The highest BCUT2D eigenvalue weighted by molar-refractivity contribution is 7.89. The van der Waals surface area contributed by atoms with Crippen LogP contribution in [-0.2, 0) is 21.3 Å². The van der Waals surface area contributed by atoms with Crippen molar-refractivity contribution < 1.29 is 8.42 Å². The van der Waals surface area contributed by atoms with E-state index in [9.17, 15) is 8.42 Å². The van der Waals surface area contributed by atoms with Gasteiger partial charge in [0.1, 0.15) is 0 Å². The molecule has 0 spiro atoms. The molecule has 0 aliphatic heterocycles. The maximum atomic E-state index is 12.3. The second kappa shape index (κ2) is 5.85. The first kappa shape index (κ1) is 14.9. The van der Waals surface area contributed by atoms with Crippen LogP contribution in [0.15, 0.2) is 42.5 Å². The van der Waals surface area contributed by atoms with Gasteiger partial charge in [-0.25, -0.2) is 8.42 Å². The maximum absolute atomic E-state index is 12.3. The van der Waals surface area contributed by atoms with Crippen LogP contribution in [0.3, 0.4) is 0 Å². The lowest BCUT2D eigenvalue weighted by Gasteiger charge is -2.10. The van der Waals surface area contributed by atoms with Gasteiger partial charge in [-0.3, -0.25) is 0 Å². The highest BCUT2D eigenvalue weighted by Crippen LogP contribution is 2.25. The minimum absolute atomic E-state index is 0.00959. The molecule has 2 aromatic rings. The van der Waals surface area contributed by atoms with Crippen molar-refractivity contribution in [3.63, 3.8) is 0 Å². The van der Waals surface area contributed by atoms with Crippen molar-refractivity contribution in [2.24, 2.45) is 0 Å². The third-order valence-corrected chi connectivity index (χ3v) is 4.99. The van der Waals surface area contributed by atoms with Gasteiger partial charge in [0.25, 0.3) is 0 Å². The van der Waals surface area contributed by atoms with Gasteiger partial charge < -0.3 is 5.73 Å². The Bertz CT molecular complexity index is 706. The fourth-order valence-electron chi connectivity index (χ4n) is 2.01. The standard InChI is InChI=1S/C15H16ClNO2S/c1-11-5-2-3-6-12(11)9-20(18,19)10-13-14(16)7-4-8-15(13)17/h2-8H,9-10,17H2,1H3. The first-order valence-electron chi connectivity index (χ1n) is 6.17. The summed E-state index contributed by atoms with van der Waals surface area (Å²) >= 11 is 6.03. The quantitative estimate of drug-likeness (QED) is 0.881. The zero-order chi connectivity index (χ0) is 14.8. The molecule has 106 valence electrons. The molecule has 0 unspecified atom stereocenters. The Morgan fingerprint density at radius 1 is 1.05 bits per heavy atom. The fraction of sp³-hybridized carbons (Fsp3) is 0.200. The SMILES string of the molecule is Cc1ccccc1CS(=O)(=O)Cc1c(N)cccc1Cl. The summed E-state index contributed by atoms with van der Waals surface area (Å²) in [5.74, 6) is -0.156. The van der Waals surface area contributed by atoms with Gasteiger partial charge in [0, 0.05) is 16.3 Å². The molecule has 0 fully saturated rings.